The first-order valence-corrected chi connectivity index (χ1v) is 6.35. The molecule has 4 heteroatoms. The van der Waals surface area contributed by atoms with Crippen molar-refractivity contribution >= 4 is 5.69 Å². The molecule has 2 heterocycles. The number of nitrogens with zero attached hydrogens (tertiary/aromatic N) is 2. The summed E-state index contributed by atoms with van der Waals surface area (Å²) in [7, 11) is 0. The average molecular weight is 243 g/mol. The van der Waals surface area contributed by atoms with Crippen molar-refractivity contribution in [3.63, 3.8) is 0 Å². The molecule has 1 aliphatic heterocycles. The van der Waals surface area contributed by atoms with Crippen LogP contribution in [0.25, 0.3) is 0 Å². The molecule has 2 aromatic rings. The van der Waals surface area contributed by atoms with E-state index < -0.39 is 0 Å². The highest BCUT2D eigenvalue weighted by atomic mass is 16.5. The quantitative estimate of drug-likeness (QED) is 0.896. The molecular formula is C14H17N3O. The summed E-state index contributed by atoms with van der Waals surface area (Å²) in [5, 5.41) is 3.44. The van der Waals surface area contributed by atoms with Gasteiger partial charge in [-0.3, -0.25) is 0 Å². The van der Waals surface area contributed by atoms with Gasteiger partial charge >= 0.3 is 0 Å². The molecule has 94 valence electrons. The van der Waals surface area contributed by atoms with Gasteiger partial charge in [-0.15, -0.1) is 0 Å². The van der Waals surface area contributed by atoms with E-state index in [-0.39, 0.29) is 0 Å². The van der Waals surface area contributed by atoms with Gasteiger partial charge in [0.25, 0.3) is 0 Å². The summed E-state index contributed by atoms with van der Waals surface area (Å²) in [4.78, 5) is 4.17. The highest BCUT2D eigenvalue weighted by Crippen LogP contribution is 2.27. The van der Waals surface area contributed by atoms with Gasteiger partial charge in [-0.2, -0.15) is 0 Å². The number of anilines is 1. The van der Waals surface area contributed by atoms with Gasteiger partial charge in [-0.1, -0.05) is 0 Å². The molecule has 0 amide bonds. The van der Waals surface area contributed by atoms with Crippen molar-refractivity contribution in [1.82, 2.24) is 9.55 Å². The van der Waals surface area contributed by atoms with Crippen LogP contribution in [0.5, 0.6) is 5.75 Å². The number of hydrogen-bond acceptors (Lipinski definition) is 3. The molecule has 1 aromatic carbocycles. The van der Waals surface area contributed by atoms with Gasteiger partial charge in [0.2, 0.25) is 0 Å². The summed E-state index contributed by atoms with van der Waals surface area (Å²) < 4.78 is 7.64. The molecule has 1 aliphatic rings. The smallest absolute Gasteiger partial charge is 0.122 e. The highest BCUT2D eigenvalue weighted by Gasteiger charge is 2.11. The molecule has 0 bridgehead atoms. The van der Waals surface area contributed by atoms with Crippen LogP contribution in [0.3, 0.4) is 0 Å². The largest absolute Gasteiger partial charge is 0.493 e. The molecule has 0 aliphatic carbocycles. The predicted octanol–water partition coefficient (Wildman–Crippen LogP) is 2.45. The minimum absolute atomic E-state index is 0.799. The Morgan fingerprint density at radius 2 is 2.39 bits per heavy atom. The number of hydrogen-bond donors (Lipinski definition) is 1. The van der Waals surface area contributed by atoms with Crippen LogP contribution in [0.1, 0.15) is 18.2 Å². The lowest BCUT2D eigenvalue weighted by Crippen LogP contribution is -2.05. The Bertz CT molecular complexity index is 548. The first-order valence-electron chi connectivity index (χ1n) is 6.35. The third kappa shape index (κ3) is 2.06. The fraction of sp³-hybridized carbons (Fsp3) is 0.357. The van der Waals surface area contributed by atoms with Gasteiger partial charge < -0.3 is 14.6 Å². The number of nitrogens with one attached hydrogen (secondary N) is 1. The Morgan fingerprint density at radius 3 is 3.28 bits per heavy atom. The molecule has 0 saturated carbocycles. The maximum absolute atomic E-state index is 5.50. The molecule has 0 saturated heterocycles. The van der Waals surface area contributed by atoms with Gasteiger partial charge in [-0.25, -0.2) is 4.98 Å². The maximum atomic E-state index is 5.50. The summed E-state index contributed by atoms with van der Waals surface area (Å²) in [6.45, 7) is 4.68. The van der Waals surface area contributed by atoms with E-state index >= 15 is 0 Å². The Hall–Kier alpha value is -1.97. The molecule has 0 unspecified atom stereocenters. The summed E-state index contributed by atoms with van der Waals surface area (Å²) in [5.74, 6) is 1.03. The molecule has 1 aromatic heterocycles. The van der Waals surface area contributed by atoms with Crippen LogP contribution in [0.15, 0.2) is 30.7 Å². The number of ether oxygens (including phenoxy) is 1. The van der Waals surface area contributed by atoms with Crippen LogP contribution in [-0.4, -0.2) is 16.2 Å². The van der Waals surface area contributed by atoms with Crippen LogP contribution < -0.4 is 10.1 Å². The first kappa shape index (κ1) is 11.1. The maximum Gasteiger partial charge on any atom is 0.122 e. The summed E-state index contributed by atoms with van der Waals surface area (Å²) in [6.07, 6.45) is 4.79. The van der Waals surface area contributed by atoms with E-state index in [0.29, 0.717) is 0 Å². The number of aromatic nitrogens is 2. The van der Waals surface area contributed by atoms with Crippen molar-refractivity contribution in [3.05, 3.63) is 42.0 Å². The third-order valence-electron chi connectivity index (χ3n) is 3.30. The van der Waals surface area contributed by atoms with E-state index in [0.717, 1.165) is 37.6 Å². The van der Waals surface area contributed by atoms with E-state index in [4.69, 9.17) is 4.74 Å². The lowest BCUT2D eigenvalue weighted by molar-refractivity contribution is 0.357. The first-order chi connectivity index (χ1) is 8.86. The van der Waals surface area contributed by atoms with Crippen molar-refractivity contribution < 1.29 is 4.74 Å². The van der Waals surface area contributed by atoms with Crippen LogP contribution in [-0.2, 0) is 19.5 Å². The second kappa shape index (κ2) is 4.72. The SMILES string of the molecule is CCn1cncc1CNc1ccc2c(c1)CCO2. The molecule has 0 fully saturated rings. The normalized spacial score (nSPS) is 13.2. The second-order valence-corrected chi connectivity index (χ2v) is 4.45. The molecule has 3 rings (SSSR count). The third-order valence-corrected chi connectivity index (χ3v) is 3.30. The topological polar surface area (TPSA) is 39.1 Å². The summed E-state index contributed by atoms with van der Waals surface area (Å²) >= 11 is 0. The molecule has 0 spiro atoms. The van der Waals surface area contributed by atoms with Crippen LogP contribution in [0.2, 0.25) is 0 Å². The van der Waals surface area contributed by atoms with Crippen molar-refractivity contribution in [2.75, 3.05) is 11.9 Å². The molecule has 0 radical (unpaired) electrons. The summed E-state index contributed by atoms with van der Waals surface area (Å²) in [6, 6.07) is 6.29. The second-order valence-electron chi connectivity index (χ2n) is 4.45. The molecule has 0 atom stereocenters. The van der Waals surface area contributed by atoms with Crippen molar-refractivity contribution in [1.29, 1.82) is 0 Å². The monoisotopic (exact) mass is 243 g/mol. The zero-order chi connectivity index (χ0) is 12.4. The van der Waals surface area contributed by atoms with Gasteiger partial charge in [0.05, 0.1) is 25.2 Å². The zero-order valence-electron chi connectivity index (χ0n) is 10.5. The number of fused-ring (bicyclic) bond motifs is 1. The van der Waals surface area contributed by atoms with Crippen LogP contribution in [0, 0.1) is 0 Å². The lowest BCUT2D eigenvalue weighted by Gasteiger charge is -2.09. The van der Waals surface area contributed by atoms with Gasteiger partial charge in [-0.05, 0) is 30.7 Å². The number of benzene rings is 1. The van der Waals surface area contributed by atoms with E-state index in [2.05, 4.69) is 33.9 Å². The standard InChI is InChI=1S/C14H17N3O/c1-2-17-10-15-8-13(17)9-16-12-3-4-14-11(7-12)5-6-18-14/h3-4,7-8,10,16H,2,5-6,9H2,1H3. The number of aryl methyl sites for hydroxylation is 1. The van der Waals surface area contributed by atoms with E-state index in [1.165, 1.54) is 11.3 Å². The number of imidazole rings is 1. The highest BCUT2D eigenvalue weighted by molar-refractivity contribution is 5.52. The predicted molar refractivity (Wildman–Crippen MR) is 70.9 cm³/mol. The van der Waals surface area contributed by atoms with E-state index in [9.17, 15) is 0 Å². The van der Waals surface area contributed by atoms with Crippen molar-refractivity contribution in [2.45, 2.75) is 26.4 Å². The fourth-order valence-corrected chi connectivity index (χ4v) is 2.27. The zero-order valence-corrected chi connectivity index (χ0v) is 10.5. The molecule has 4 nitrogen and oxygen atoms in total. The Labute approximate surface area is 107 Å². The van der Waals surface area contributed by atoms with Crippen LogP contribution in [0.4, 0.5) is 5.69 Å². The Morgan fingerprint density at radius 1 is 1.44 bits per heavy atom. The Balaban J connectivity index is 1.70. The minimum Gasteiger partial charge on any atom is -0.493 e. The van der Waals surface area contributed by atoms with Gasteiger partial charge in [0.1, 0.15) is 5.75 Å². The van der Waals surface area contributed by atoms with Gasteiger partial charge in [0, 0.05) is 24.8 Å². The van der Waals surface area contributed by atoms with Gasteiger partial charge in [0.15, 0.2) is 0 Å². The fourth-order valence-electron chi connectivity index (χ4n) is 2.27. The minimum atomic E-state index is 0.799. The summed E-state index contributed by atoms with van der Waals surface area (Å²) in [5.41, 5.74) is 3.64. The van der Waals surface area contributed by atoms with Crippen molar-refractivity contribution in [3.8, 4) is 5.75 Å². The van der Waals surface area contributed by atoms with Crippen molar-refractivity contribution in [2.24, 2.45) is 0 Å². The molecular weight excluding hydrogens is 226 g/mol. The number of rotatable bonds is 4. The van der Waals surface area contributed by atoms with Crippen LogP contribution >= 0.6 is 0 Å². The molecule has 1 N–H and O–H groups in total. The van der Waals surface area contributed by atoms with E-state index in [1.54, 1.807) is 0 Å². The average Bonchev–Trinajstić information content (AvgIpc) is 3.04. The lowest BCUT2D eigenvalue weighted by atomic mass is 10.1. The Kier molecular flexibility index (Phi) is 2.92. The molecule has 18 heavy (non-hydrogen) atoms. The van der Waals surface area contributed by atoms with E-state index in [1.807, 2.05) is 18.6 Å².